The lowest BCUT2D eigenvalue weighted by Crippen LogP contribution is -2.47. The quantitative estimate of drug-likeness (QED) is 0.840. The summed E-state index contributed by atoms with van der Waals surface area (Å²) in [4.78, 5) is 25.8. The Kier molecular flexibility index (Phi) is 4.75. The largest absolute Gasteiger partial charge is 0.416 e. The van der Waals surface area contributed by atoms with Gasteiger partial charge in [0, 0.05) is 13.3 Å². The number of hydrogen-bond donors (Lipinski definition) is 1. The zero-order valence-corrected chi connectivity index (χ0v) is 14.0. The van der Waals surface area contributed by atoms with Crippen LogP contribution >= 0.6 is 0 Å². The molecule has 0 bridgehead atoms. The Morgan fingerprint density at radius 2 is 2.04 bits per heavy atom. The maximum Gasteiger partial charge on any atom is 0.416 e. The Balaban J connectivity index is 1.95. The number of carbonyl (C=O) groups excluding carboxylic acids is 2. The summed E-state index contributed by atoms with van der Waals surface area (Å²) in [6.07, 6.45) is -1.19. The number of nitrogens with one attached hydrogen (secondary N) is 1. The molecule has 7 heteroatoms. The summed E-state index contributed by atoms with van der Waals surface area (Å²) < 4.78 is 39.1. The zero-order valence-electron chi connectivity index (χ0n) is 14.0. The number of benzene rings is 1. The van der Waals surface area contributed by atoms with E-state index in [1.807, 2.05) is 0 Å². The lowest BCUT2D eigenvalue weighted by Gasteiger charge is -2.32. The van der Waals surface area contributed by atoms with Crippen LogP contribution < -0.4 is 5.32 Å². The fourth-order valence-corrected chi connectivity index (χ4v) is 4.02. The van der Waals surface area contributed by atoms with Gasteiger partial charge in [0.15, 0.2) is 0 Å². The van der Waals surface area contributed by atoms with Gasteiger partial charge in [0.05, 0.1) is 23.7 Å². The Hall–Kier alpha value is -2.05. The minimum atomic E-state index is -4.42. The van der Waals surface area contributed by atoms with Crippen LogP contribution in [0.15, 0.2) is 24.3 Å². The predicted molar refractivity (Wildman–Crippen MR) is 85.5 cm³/mol. The van der Waals surface area contributed by atoms with Crippen molar-refractivity contribution in [2.75, 3.05) is 0 Å². The number of rotatable bonds is 1. The van der Waals surface area contributed by atoms with Crippen LogP contribution in [0.3, 0.4) is 0 Å². The molecule has 0 saturated carbocycles. The van der Waals surface area contributed by atoms with Crippen molar-refractivity contribution < 1.29 is 22.8 Å². The van der Waals surface area contributed by atoms with Crippen LogP contribution in [0.1, 0.15) is 56.2 Å². The molecule has 3 rings (SSSR count). The van der Waals surface area contributed by atoms with E-state index in [0.717, 1.165) is 31.4 Å². The number of carbonyl (C=O) groups is 2. The van der Waals surface area contributed by atoms with Gasteiger partial charge in [0.1, 0.15) is 0 Å². The Morgan fingerprint density at radius 1 is 1.28 bits per heavy atom. The van der Waals surface area contributed by atoms with Crippen LogP contribution in [0, 0.1) is 0 Å². The molecule has 0 radical (unpaired) electrons. The highest BCUT2D eigenvalue weighted by Gasteiger charge is 2.44. The molecule has 2 amide bonds. The molecule has 1 N–H and O–H groups in total. The third kappa shape index (κ3) is 3.65. The summed E-state index contributed by atoms with van der Waals surface area (Å²) in [7, 11) is 0. The normalized spacial score (nSPS) is 27.3. The van der Waals surface area contributed by atoms with Crippen LogP contribution in [0.2, 0.25) is 0 Å². The molecule has 2 heterocycles. The Bertz CT molecular complexity index is 675. The molecule has 1 aromatic carbocycles. The monoisotopic (exact) mass is 354 g/mol. The average Bonchev–Trinajstić information content (AvgIpc) is 2.86. The minimum Gasteiger partial charge on any atom is -0.351 e. The van der Waals surface area contributed by atoms with Crippen molar-refractivity contribution >= 4 is 11.8 Å². The number of alkyl halides is 3. The van der Waals surface area contributed by atoms with Crippen molar-refractivity contribution in [2.45, 2.75) is 63.3 Å². The van der Waals surface area contributed by atoms with Crippen LogP contribution in [0.5, 0.6) is 0 Å². The zero-order chi connectivity index (χ0) is 18.2. The summed E-state index contributed by atoms with van der Waals surface area (Å²) in [5.41, 5.74) is -0.257. The average molecular weight is 354 g/mol. The van der Waals surface area contributed by atoms with Crippen molar-refractivity contribution in [1.82, 2.24) is 10.2 Å². The molecule has 2 aliphatic rings. The summed E-state index contributed by atoms with van der Waals surface area (Å²) in [5.74, 6) is -0.229. The van der Waals surface area contributed by atoms with E-state index in [1.54, 1.807) is 11.0 Å². The van der Waals surface area contributed by atoms with Gasteiger partial charge in [-0.15, -0.1) is 0 Å². The number of nitrogens with zero attached hydrogens (tertiary/aromatic N) is 1. The van der Waals surface area contributed by atoms with E-state index in [4.69, 9.17) is 0 Å². The van der Waals surface area contributed by atoms with E-state index in [-0.39, 0.29) is 23.9 Å². The van der Waals surface area contributed by atoms with Gasteiger partial charge in [-0.1, -0.05) is 18.6 Å². The molecular weight excluding hydrogens is 333 g/mol. The van der Waals surface area contributed by atoms with Crippen LogP contribution in [-0.2, 0) is 15.8 Å². The van der Waals surface area contributed by atoms with Gasteiger partial charge < -0.3 is 10.2 Å². The first-order chi connectivity index (χ1) is 11.8. The second-order valence-corrected chi connectivity index (χ2v) is 6.79. The Morgan fingerprint density at radius 3 is 2.72 bits per heavy atom. The molecule has 0 unspecified atom stereocenters. The van der Waals surface area contributed by atoms with Crippen molar-refractivity contribution in [1.29, 1.82) is 0 Å². The Labute approximate surface area is 144 Å². The molecule has 2 fully saturated rings. The molecular formula is C18H21F3N2O2. The summed E-state index contributed by atoms with van der Waals surface area (Å²) in [5, 5.41) is 2.96. The second kappa shape index (κ2) is 6.69. The topological polar surface area (TPSA) is 49.4 Å². The highest BCUT2D eigenvalue weighted by Crippen LogP contribution is 2.40. The lowest BCUT2D eigenvalue weighted by atomic mass is 9.97. The number of halogens is 3. The molecule has 1 aromatic rings. The standard InChI is InChI=1S/C18H21F3N2O2/c1-11(24)23-15-7-2-3-8-17(25)22-14(15)10-16(23)12-5-4-6-13(9-12)18(19,20)21/h4-6,9,14-16H,2-3,7-8,10H2,1H3,(H,22,25)/t14-,15+,16+/m1/s1. The van der Waals surface area contributed by atoms with E-state index in [9.17, 15) is 22.8 Å². The van der Waals surface area contributed by atoms with E-state index in [2.05, 4.69) is 5.32 Å². The maximum absolute atomic E-state index is 13.0. The van der Waals surface area contributed by atoms with Crippen LogP contribution in [-0.4, -0.2) is 28.8 Å². The summed E-state index contributed by atoms with van der Waals surface area (Å²) in [6.45, 7) is 1.43. The van der Waals surface area contributed by atoms with E-state index < -0.39 is 17.8 Å². The molecule has 4 nitrogen and oxygen atoms in total. The van der Waals surface area contributed by atoms with E-state index in [1.165, 1.54) is 13.0 Å². The number of amides is 2. The maximum atomic E-state index is 13.0. The molecule has 3 atom stereocenters. The molecule has 0 aromatic heterocycles. The van der Waals surface area contributed by atoms with Gasteiger partial charge in [-0.3, -0.25) is 9.59 Å². The van der Waals surface area contributed by atoms with Crippen molar-refractivity contribution in [3.05, 3.63) is 35.4 Å². The van der Waals surface area contributed by atoms with E-state index in [0.29, 0.717) is 18.4 Å². The molecule has 25 heavy (non-hydrogen) atoms. The summed E-state index contributed by atoms with van der Waals surface area (Å²) in [6, 6.07) is 4.31. The number of fused-ring (bicyclic) bond motifs is 1. The smallest absolute Gasteiger partial charge is 0.351 e. The first-order valence-electron chi connectivity index (χ1n) is 8.53. The van der Waals surface area contributed by atoms with Crippen LogP contribution in [0.4, 0.5) is 13.2 Å². The van der Waals surface area contributed by atoms with Gasteiger partial charge in [-0.25, -0.2) is 0 Å². The molecule has 0 aliphatic carbocycles. The highest BCUT2D eigenvalue weighted by atomic mass is 19.4. The van der Waals surface area contributed by atoms with Crippen molar-refractivity contribution in [2.24, 2.45) is 0 Å². The predicted octanol–water partition coefficient (Wildman–Crippen LogP) is 3.43. The van der Waals surface area contributed by atoms with Gasteiger partial charge in [0.25, 0.3) is 0 Å². The number of hydrogen-bond acceptors (Lipinski definition) is 2. The first-order valence-corrected chi connectivity index (χ1v) is 8.53. The van der Waals surface area contributed by atoms with Crippen molar-refractivity contribution in [3.8, 4) is 0 Å². The third-order valence-electron chi connectivity index (χ3n) is 5.10. The van der Waals surface area contributed by atoms with Gasteiger partial charge >= 0.3 is 6.18 Å². The SMILES string of the molecule is CC(=O)N1[C@H](c2cccc(C(F)(F)F)c2)C[C@H]2NC(=O)CCCC[C@@H]21. The fourth-order valence-electron chi connectivity index (χ4n) is 4.02. The van der Waals surface area contributed by atoms with Crippen molar-refractivity contribution in [3.63, 3.8) is 0 Å². The van der Waals surface area contributed by atoms with Gasteiger partial charge in [0.2, 0.25) is 11.8 Å². The molecule has 136 valence electrons. The second-order valence-electron chi connectivity index (χ2n) is 6.79. The van der Waals surface area contributed by atoms with Gasteiger partial charge in [-0.05, 0) is 37.0 Å². The fraction of sp³-hybridized carbons (Fsp3) is 0.556. The highest BCUT2D eigenvalue weighted by molar-refractivity contribution is 5.78. The lowest BCUT2D eigenvalue weighted by molar-refractivity contribution is -0.137. The van der Waals surface area contributed by atoms with Gasteiger partial charge in [-0.2, -0.15) is 13.2 Å². The van der Waals surface area contributed by atoms with Crippen LogP contribution in [0.25, 0.3) is 0 Å². The minimum absolute atomic E-state index is 0.0529. The summed E-state index contributed by atoms with van der Waals surface area (Å²) >= 11 is 0. The van der Waals surface area contributed by atoms with E-state index >= 15 is 0 Å². The molecule has 2 aliphatic heterocycles. The first kappa shape index (κ1) is 17.8. The number of likely N-dealkylation sites (tertiary alicyclic amines) is 1. The molecule has 0 spiro atoms. The molecule has 2 saturated heterocycles. The third-order valence-corrected chi connectivity index (χ3v) is 5.10.